The molecule has 0 spiro atoms. The van der Waals surface area contributed by atoms with Crippen LogP contribution >= 0.6 is 0 Å². The van der Waals surface area contributed by atoms with Gasteiger partial charge in [-0.25, -0.2) is 4.79 Å². The highest BCUT2D eigenvalue weighted by molar-refractivity contribution is 5.92. The van der Waals surface area contributed by atoms with Gasteiger partial charge >= 0.3 is 5.97 Å². The van der Waals surface area contributed by atoms with E-state index in [9.17, 15) is 4.79 Å². The van der Waals surface area contributed by atoms with E-state index in [4.69, 9.17) is 14.2 Å². The summed E-state index contributed by atoms with van der Waals surface area (Å²) >= 11 is 0. The smallest absolute Gasteiger partial charge is 0.341 e. The highest BCUT2D eigenvalue weighted by atomic mass is 16.5. The van der Waals surface area contributed by atoms with Gasteiger partial charge in [0.25, 0.3) is 0 Å². The van der Waals surface area contributed by atoms with Crippen molar-refractivity contribution in [1.82, 2.24) is 10.6 Å². The summed E-state index contributed by atoms with van der Waals surface area (Å²) in [6.07, 6.45) is 0.0490. The van der Waals surface area contributed by atoms with Crippen LogP contribution in [0.4, 0.5) is 0 Å². The van der Waals surface area contributed by atoms with Crippen LogP contribution in [0.25, 0.3) is 0 Å². The van der Waals surface area contributed by atoms with Gasteiger partial charge in [-0.3, -0.25) is 4.99 Å². The fourth-order valence-corrected chi connectivity index (χ4v) is 2.47. The molecule has 0 radical (unpaired) electrons. The van der Waals surface area contributed by atoms with Gasteiger partial charge in [0.05, 0.1) is 20.3 Å². The summed E-state index contributed by atoms with van der Waals surface area (Å²) in [5.41, 5.74) is 1.32. The van der Waals surface area contributed by atoms with E-state index < -0.39 is 5.97 Å². The van der Waals surface area contributed by atoms with Gasteiger partial charge < -0.3 is 24.8 Å². The molecule has 1 rings (SSSR count). The lowest BCUT2D eigenvalue weighted by molar-refractivity contribution is 0.0205. The Kier molecular flexibility index (Phi) is 8.38. The van der Waals surface area contributed by atoms with Crippen LogP contribution in [0.15, 0.2) is 23.2 Å². The van der Waals surface area contributed by atoms with Crippen LogP contribution in [0.3, 0.4) is 0 Å². The van der Waals surface area contributed by atoms with Crippen LogP contribution in [0, 0.1) is 5.41 Å². The maximum absolute atomic E-state index is 11.9. The molecule has 0 aromatic heterocycles. The number of ether oxygens (including phenoxy) is 3. The van der Waals surface area contributed by atoms with Crippen LogP contribution < -0.4 is 15.4 Å². The molecule has 0 saturated carbocycles. The Morgan fingerprint density at radius 2 is 1.88 bits per heavy atom. The first kappa shape index (κ1) is 21.8. The van der Waals surface area contributed by atoms with Gasteiger partial charge in [-0.2, -0.15) is 0 Å². The molecule has 0 fully saturated rings. The number of hydrogen-bond donors (Lipinski definition) is 2. The maximum Gasteiger partial charge on any atom is 0.341 e. The van der Waals surface area contributed by atoms with E-state index in [-0.39, 0.29) is 11.5 Å². The lowest BCUT2D eigenvalue weighted by Gasteiger charge is -2.30. The number of rotatable bonds is 7. The van der Waals surface area contributed by atoms with E-state index in [0.717, 1.165) is 5.56 Å². The third-order valence-corrected chi connectivity index (χ3v) is 4.06. The van der Waals surface area contributed by atoms with Crippen molar-refractivity contribution in [3.63, 3.8) is 0 Å². The molecular formula is C19H31N3O4. The molecule has 0 saturated heterocycles. The Hall–Kier alpha value is -2.28. The number of aliphatic imine (C=N–C) groups is 1. The van der Waals surface area contributed by atoms with E-state index in [1.54, 1.807) is 26.3 Å². The fourth-order valence-electron chi connectivity index (χ4n) is 2.47. The summed E-state index contributed by atoms with van der Waals surface area (Å²) in [5.74, 6) is 0.710. The zero-order valence-electron chi connectivity index (χ0n) is 16.8. The van der Waals surface area contributed by atoms with Crippen LogP contribution in [0.1, 0.15) is 36.7 Å². The molecule has 146 valence electrons. The predicted octanol–water partition coefficient (Wildman–Crippen LogP) is 2.21. The van der Waals surface area contributed by atoms with Gasteiger partial charge in [0.2, 0.25) is 0 Å². The number of benzene rings is 1. The maximum atomic E-state index is 11.9. The second-order valence-corrected chi connectivity index (χ2v) is 6.92. The summed E-state index contributed by atoms with van der Waals surface area (Å²) in [6, 6.07) is 5.39. The summed E-state index contributed by atoms with van der Waals surface area (Å²) in [5, 5.41) is 6.49. The zero-order chi connectivity index (χ0) is 19.7. The standard InChI is InChI=1S/C19H31N3O4/c1-19(2,3)16(25-6)12-22-18(20-4)21-11-13-8-9-15(24-5)14(10-13)17(23)26-7/h8-10,16H,11-12H2,1-7H3,(H2,20,21,22). The fraction of sp³-hybridized carbons (Fsp3) is 0.579. The highest BCUT2D eigenvalue weighted by Crippen LogP contribution is 2.21. The van der Waals surface area contributed by atoms with Gasteiger partial charge in [0.15, 0.2) is 5.96 Å². The lowest BCUT2D eigenvalue weighted by Crippen LogP contribution is -2.45. The van der Waals surface area contributed by atoms with Gasteiger partial charge in [-0.05, 0) is 23.1 Å². The molecule has 7 nitrogen and oxygen atoms in total. The van der Waals surface area contributed by atoms with Gasteiger partial charge in [-0.15, -0.1) is 0 Å². The first-order valence-electron chi connectivity index (χ1n) is 8.49. The normalized spacial score (nSPS) is 13.1. The lowest BCUT2D eigenvalue weighted by atomic mass is 9.89. The van der Waals surface area contributed by atoms with Crippen molar-refractivity contribution in [1.29, 1.82) is 0 Å². The number of guanidine groups is 1. The SMILES string of the molecule is CN=C(NCc1ccc(OC)c(C(=O)OC)c1)NCC(OC)C(C)(C)C. The second kappa shape index (κ2) is 10.0. The van der Waals surface area contributed by atoms with Crippen LogP contribution in [0.5, 0.6) is 5.75 Å². The Labute approximate surface area is 156 Å². The first-order chi connectivity index (χ1) is 12.3. The minimum Gasteiger partial charge on any atom is -0.496 e. The molecule has 0 bridgehead atoms. The Bertz CT molecular complexity index is 624. The van der Waals surface area contributed by atoms with E-state index in [0.29, 0.717) is 30.4 Å². The van der Waals surface area contributed by atoms with E-state index in [1.807, 2.05) is 6.07 Å². The largest absolute Gasteiger partial charge is 0.496 e. The van der Waals surface area contributed by atoms with Crippen molar-refractivity contribution in [3.05, 3.63) is 29.3 Å². The van der Waals surface area contributed by atoms with Crippen LogP contribution in [0.2, 0.25) is 0 Å². The molecule has 2 N–H and O–H groups in total. The minimum absolute atomic E-state index is 0.0198. The summed E-state index contributed by atoms with van der Waals surface area (Å²) in [6.45, 7) is 7.52. The quantitative estimate of drug-likeness (QED) is 0.438. The average molecular weight is 365 g/mol. The Morgan fingerprint density at radius 1 is 1.19 bits per heavy atom. The summed E-state index contributed by atoms with van der Waals surface area (Å²) in [7, 11) is 6.29. The Morgan fingerprint density at radius 3 is 2.38 bits per heavy atom. The molecule has 1 aromatic rings. The predicted molar refractivity (Wildman–Crippen MR) is 103 cm³/mol. The number of carbonyl (C=O) groups is 1. The second-order valence-electron chi connectivity index (χ2n) is 6.92. The van der Waals surface area contributed by atoms with Crippen molar-refractivity contribution >= 4 is 11.9 Å². The van der Waals surface area contributed by atoms with Crippen molar-refractivity contribution in [2.45, 2.75) is 33.4 Å². The minimum atomic E-state index is -0.431. The topological polar surface area (TPSA) is 81.2 Å². The molecule has 0 aliphatic carbocycles. The average Bonchev–Trinajstić information content (AvgIpc) is 2.62. The Balaban J connectivity index is 2.73. The zero-order valence-corrected chi connectivity index (χ0v) is 16.8. The first-order valence-corrected chi connectivity index (χ1v) is 8.49. The molecule has 0 heterocycles. The molecule has 0 aliphatic heterocycles. The van der Waals surface area contributed by atoms with Gasteiger partial charge in [0.1, 0.15) is 11.3 Å². The number of carbonyl (C=O) groups excluding carboxylic acids is 1. The highest BCUT2D eigenvalue weighted by Gasteiger charge is 2.24. The van der Waals surface area contributed by atoms with Crippen LogP contribution in [-0.4, -0.2) is 53.0 Å². The number of nitrogens with one attached hydrogen (secondary N) is 2. The molecule has 26 heavy (non-hydrogen) atoms. The van der Waals surface area contributed by atoms with Gasteiger partial charge in [-0.1, -0.05) is 26.8 Å². The molecule has 1 atom stereocenters. The molecule has 1 aromatic carbocycles. The third kappa shape index (κ3) is 6.22. The summed E-state index contributed by atoms with van der Waals surface area (Å²) in [4.78, 5) is 16.1. The third-order valence-electron chi connectivity index (χ3n) is 4.06. The van der Waals surface area contributed by atoms with Crippen LogP contribution in [-0.2, 0) is 16.0 Å². The summed E-state index contributed by atoms with van der Waals surface area (Å²) < 4.78 is 15.6. The molecule has 7 heteroatoms. The molecule has 0 aliphatic rings. The van der Waals surface area contributed by atoms with Crippen molar-refractivity contribution in [3.8, 4) is 5.75 Å². The van der Waals surface area contributed by atoms with E-state index >= 15 is 0 Å². The van der Waals surface area contributed by atoms with E-state index in [2.05, 4.69) is 36.4 Å². The van der Waals surface area contributed by atoms with Crippen molar-refractivity contribution in [2.24, 2.45) is 10.4 Å². The monoisotopic (exact) mass is 365 g/mol. The van der Waals surface area contributed by atoms with Crippen molar-refractivity contribution < 1.29 is 19.0 Å². The van der Waals surface area contributed by atoms with Crippen molar-refractivity contribution in [2.75, 3.05) is 34.9 Å². The number of nitrogens with zero attached hydrogens (tertiary/aromatic N) is 1. The number of esters is 1. The van der Waals surface area contributed by atoms with Gasteiger partial charge in [0, 0.05) is 27.2 Å². The number of hydrogen-bond acceptors (Lipinski definition) is 5. The molecular weight excluding hydrogens is 334 g/mol. The molecule has 1 unspecified atom stereocenters. The number of methoxy groups -OCH3 is 3. The molecule has 0 amide bonds. The van der Waals surface area contributed by atoms with E-state index in [1.165, 1.54) is 14.2 Å².